The number of unbranched alkanes of at least 4 members (excludes halogenated alkanes) is 3. The molecule has 0 spiro atoms. The van der Waals surface area contributed by atoms with Crippen molar-refractivity contribution in [3.05, 3.63) is 88.8 Å². The molecule has 3 fully saturated rings. The number of nitrogens with zero attached hydrogens (tertiary/aromatic N) is 2. The molecule has 3 heterocycles. The van der Waals surface area contributed by atoms with Crippen molar-refractivity contribution in [1.82, 2.24) is 20.1 Å². The van der Waals surface area contributed by atoms with E-state index >= 15 is 0 Å². The Labute approximate surface area is 319 Å². The number of pyridine rings is 1. The lowest BCUT2D eigenvalue weighted by Crippen LogP contribution is -2.51. The van der Waals surface area contributed by atoms with Crippen molar-refractivity contribution in [2.75, 3.05) is 26.7 Å². The van der Waals surface area contributed by atoms with E-state index in [1.807, 2.05) is 48.2 Å². The Bertz CT molecular complexity index is 1850. The van der Waals surface area contributed by atoms with Crippen LogP contribution in [0.1, 0.15) is 97.3 Å². The van der Waals surface area contributed by atoms with Gasteiger partial charge in [-0.1, -0.05) is 69.2 Å². The molecule has 2 aliphatic heterocycles. The molecule has 290 valence electrons. The van der Waals surface area contributed by atoms with Crippen molar-refractivity contribution >= 4 is 28.6 Å². The lowest BCUT2D eigenvalue weighted by Gasteiger charge is -2.28. The zero-order chi connectivity index (χ0) is 38.5. The Morgan fingerprint density at radius 1 is 0.963 bits per heavy atom. The molecule has 10 heteroatoms. The number of piperidine rings is 1. The van der Waals surface area contributed by atoms with Crippen LogP contribution in [0.15, 0.2) is 83.4 Å². The first kappa shape index (κ1) is 40.3. The Morgan fingerprint density at radius 3 is 2.44 bits per heavy atom. The molecule has 3 aromatic rings. The summed E-state index contributed by atoms with van der Waals surface area (Å²) in [5.41, 5.74) is 1.84. The molecular formula is C44H58N4O6. The maximum absolute atomic E-state index is 13.3. The van der Waals surface area contributed by atoms with Gasteiger partial charge in [-0.3, -0.25) is 19.2 Å². The quantitative estimate of drug-likeness (QED) is 0.0878. The molecule has 10 nitrogen and oxygen atoms in total. The number of hydrogen-bond acceptors (Lipinski definition) is 6. The highest BCUT2D eigenvalue weighted by molar-refractivity contribution is 5.91. The lowest BCUT2D eigenvalue weighted by atomic mass is 10.1. The van der Waals surface area contributed by atoms with Gasteiger partial charge >= 0.3 is 0 Å². The van der Waals surface area contributed by atoms with Crippen LogP contribution in [0.5, 0.6) is 5.75 Å². The normalized spacial score (nSPS) is 21.1. The number of aromatic amines is 1. The number of methoxy groups -OCH3 is 1. The van der Waals surface area contributed by atoms with E-state index < -0.39 is 11.6 Å². The molecule has 0 bridgehead atoms. The first-order valence-corrected chi connectivity index (χ1v) is 19.9. The van der Waals surface area contributed by atoms with Crippen LogP contribution in [0, 0.1) is 5.92 Å². The molecule has 6 rings (SSSR count). The molecule has 1 aromatic heterocycles. The average molecular weight is 739 g/mol. The van der Waals surface area contributed by atoms with Crippen LogP contribution in [0.2, 0.25) is 0 Å². The largest absolute Gasteiger partial charge is 0.510 e. The molecule has 3 atom stereocenters. The minimum atomic E-state index is -0.754. The fourth-order valence-electron chi connectivity index (χ4n) is 7.60. The van der Waals surface area contributed by atoms with Crippen LogP contribution in [0.25, 0.3) is 22.2 Å². The lowest BCUT2D eigenvalue weighted by molar-refractivity contribution is -0.141. The van der Waals surface area contributed by atoms with Gasteiger partial charge in [0.25, 0.3) is 0 Å². The molecule has 2 aromatic carbocycles. The van der Waals surface area contributed by atoms with Gasteiger partial charge in [0.1, 0.15) is 23.1 Å². The number of likely N-dealkylation sites (tertiary alicyclic amines) is 2. The highest BCUT2D eigenvalue weighted by atomic mass is 16.5. The molecule has 1 saturated carbocycles. The molecule has 1 aliphatic carbocycles. The first-order valence-electron chi connectivity index (χ1n) is 19.9. The van der Waals surface area contributed by atoms with Crippen LogP contribution < -0.4 is 15.5 Å². The maximum Gasteiger partial charge on any atom is 0.243 e. The van der Waals surface area contributed by atoms with Gasteiger partial charge in [-0.2, -0.15) is 0 Å². The molecular weight excluding hydrogens is 681 g/mol. The van der Waals surface area contributed by atoms with Crippen molar-refractivity contribution in [3.8, 4) is 17.0 Å². The number of hydrogen-bond donors (Lipinski definition) is 3. The summed E-state index contributed by atoms with van der Waals surface area (Å²) in [6.45, 7) is 6.26. The van der Waals surface area contributed by atoms with Gasteiger partial charge in [-0.05, 0) is 81.6 Å². The summed E-state index contributed by atoms with van der Waals surface area (Å²) in [6.07, 6.45) is 16.9. The summed E-state index contributed by atoms with van der Waals surface area (Å²) in [5.74, 6) is 0.740. The third-order valence-corrected chi connectivity index (χ3v) is 10.8. The molecule has 3 amide bonds. The number of carbonyl (C=O) groups is 3. The van der Waals surface area contributed by atoms with E-state index in [1.54, 1.807) is 36.3 Å². The second-order valence-electron chi connectivity index (χ2n) is 14.7. The second-order valence-corrected chi connectivity index (χ2v) is 14.7. The van der Waals surface area contributed by atoms with Gasteiger partial charge in [-0.25, -0.2) is 0 Å². The van der Waals surface area contributed by atoms with Gasteiger partial charge in [0.15, 0.2) is 5.43 Å². The van der Waals surface area contributed by atoms with Crippen molar-refractivity contribution in [3.63, 3.8) is 0 Å². The van der Waals surface area contributed by atoms with E-state index in [2.05, 4.69) is 29.4 Å². The zero-order valence-electron chi connectivity index (χ0n) is 32.3. The number of ether oxygens (including phenoxy) is 1. The van der Waals surface area contributed by atoms with E-state index in [1.165, 1.54) is 12.8 Å². The van der Waals surface area contributed by atoms with Crippen LogP contribution in [0.4, 0.5) is 0 Å². The maximum atomic E-state index is 13.3. The summed E-state index contributed by atoms with van der Waals surface area (Å²) in [7, 11) is 1.61. The number of aromatic nitrogens is 1. The molecule has 0 radical (unpaired) electrons. The Balaban J connectivity index is 0.000000246. The number of fused-ring (bicyclic) bond motifs is 1. The number of nitrogens with one attached hydrogen (secondary N) is 2. The zero-order valence-corrected chi connectivity index (χ0v) is 32.3. The highest BCUT2D eigenvalue weighted by Gasteiger charge is 2.58. The molecule has 2 saturated heterocycles. The number of amides is 3. The fraction of sp³-hybridized carbons (Fsp3) is 0.500. The number of allylic oxidation sites excluding steroid dienone is 2. The van der Waals surface area contributed by atoms with Gasteiger partial charge in [0, 0.05) is 61.6 Å². The topological polar surface area (TPSA) is 132 Å². The van der Waals surface area contributed by atoms with E-state index in [0.29, 0.717) is 31.2 Å². The van der Waals surface area contributed by atoms with Gasteiger partial charge in [-0.15, -0.1) is 0 Å². The molecule has 3 aliphatic rings. The SMILES string of the molecule is CC/C=C(/O)C1(NC(=O)C2CCCN2C(=O)CCC(=O)N2CCCCC2)CC1/C=C\CCCCC.COc1ccc2c(=O)cc(-c3ccccc3)[nH]c2c1. The highest BCUT2D eigenvalue weighted by Crippen LogP contribution is 2.49. The predicted octanol–water partition coefficient (Wildman–Crippen LogP) is 7.84. The van der Waals surface area contributed by atoms with E-state index in [4.69, 9.17) is 4.74 Å². The first-order chi connectivity index (χ1) is 26.2. The van der Waals surface area contributed by atoms with Crippen molar-refractivity contribution in [2.24, 2.45) is 5.92 Å². The van der Waals surface area contributed by atoms with Gasteiger partial charge < -0.3 is 29.9 Å². The number of aliphatic hydroxyl groups is 1. The third kappa shape index (κ3) is 10.2. The fourth-order valence-corrected chi connectivity index (χ4v) is 7.60. The summed E-state index contributed by atoms with van der Waals surface area (Å²) >= 11 is 0. The number of benzene rings is 2. The van der Waals surface area contributed by atoms with Crippen LogP contribution in [-0.2, 0) is 14.4 Å². The second kappa shape index (κ2) is 19.5. The predicted molar refractivity (Wildman–Crippen MR) is 214 cm³/mol. The summed E-state index contributed by atoms with van der Waals surface area (Å²) in [6, 6.07) is 16.3. The third-order valence-electron chi connectivity index (χ3n) is 10.8. The van der Waals surface area contributed by atoms with Crippen molar-refractivity contribution < 1.29 is 24.2 Å². The van der Waals surface area contributed by atoms with Gasteiger partial charge in [0.2, 0.25) is 17.7 Å². The van der Waals surface area contributed by atoms with Crippen LogP contribution >= 0.6 is 0 Å². The average Bonchev–Trinajstić information content (AvgIpc) is 3.65. The summed E-state index contributed by atoms with van der Waals surface area (Å²) in [4.78, 5) is 57.7. The van der Waals surface area contributed by atoms with E-state index in [9.17, 15) is 24.3 Å². The smallest absolute Gasteiger partial charge is 0.243 e. The number of carbonyl (C=O) groups excluding carboxylic acids is 3. The molecule has 3 N–H and O–H groups in total. The Morgan fingerprint density at radius 2 is 1.72 bits per heavy atom. The molecule has 3 unspecified atom stereocenters. The Kier molecular flexibility index (Phi) is 14.5. The monoisotopic (exact) mass is 738 g/mol. The number of H-pyrrole nitrogens is 1. The van der Waals surface area contributed by atoms with E-state index in [-0.39, 0.29) is 47.7 Å². The minimum Gasteiger partial charge on any atom is -0.510 e. The van der Waals surface area contributed by atoms with Crippen molar-refractivity contribution in [2.45, 2.75) is 109 Å². The minimum absolute atomic E-state index is 0.00950. The van der Waals surface area contributed by atoms with E-state index in [0.717, 1.165) is 74.1 Å². The number of aliphatic hydroxyl groups excluding tert-OH is 1. The van der Waals surface area contributed by atoms with Crippen LogP contribution in [-0.4, -0.2) is 75.9 Å². The molecule has 54 heavy (non-hydrogen) atoms. The standard InChI is InChI=1S/C28H45N3O4.C16H13NO2/c1-3-5-6-7-9-14-22-21-28(22,24(32)13-4-2)29-27(35)23-15-12-20-31(23)26(34)17-16-25(33)30-18-10-8-11-19-30;1-19-12-7-8-13-15(9-12)17-14(10-16(13)18)11-5-3-2-4-6-11/h9,13-14,22-23,32H,3-8,10-12,15-21H2,1-2H3,(H,29,35);2-10H,1H3,(H,17,18)/b14-9-,24-13+;. The van der Waals surface area contributed by atoms with Crippen LogP contribution in [0.3, 0.4) is 0 Å². The Hall–Kier alpha value is -4.86. The number of rotatable bonds is 14. The summed E-state index contributed by atoms with van der Waals surface area (Å²) in [5, 5.41) is 14.6. The van der Waals surface area contributed by atoms with Crippen molar-refractivity contribution in [1.29, 1.82) is 0 Å². The summed E-state index contributed by atoms with van der Waals surface area (Å²) < 4.78 is 5.19. The van der Waals surface area contributed by atoms with Gasteiger partial charge in [0.05, 0.1) is 12.6 Å².